The van der Waals surface area contributed by atoms with Gasteiger partial charge in [-0.2, -0.15) is 0 Å². The van der Waals surface area contributed by atoms with Crippen LogP contribution < -0.4 is 5.32 Å². The van der Waals surface area contributed by atoms with E-state index in [9.17, 15) is 4.79 Å². The Morgan fingerprint density at radius 1 is 0.909 bits per heavy atom. The molecule has 6 aliphatic carbocycles. The molecule has 0 radical (unpaired) electrons. The molecule has 1 amide bonds. The van der Waals surface area contributed by atoms with Gasteiger partial charge in [-0.15, -0.1) is 0 Å². The van der Waals surface area contributed by atoms with Crippen molar-refractivity contribution >= 4 is 5.91 Å². The van der Waals surface area contributed by atoms with Gasteiger partial charge in [0.2, 0.25) is 5.91 Å². The first-order valence-corrected chi connectivity index (χ1v) is 9.92. The van der Waals surface area contributed by atoms with E-state index in [2.05, 4.69) is 12.2 Å². The molecule has 22 heavy (non-hydrogen) atoms. The summed E-state index contributed by atoms with van der Waals surface area (Å²) in [7, 11) is 0. The fourth-order valence-corrected chi connectivity index (χ4v) is 7.76. The van der Waals surface area contributed by atoms with Crippen molar-refractivity contribution < 1.29 is 4.79 Å². The molecule has 6 rings (SSSR count). The zero-order valence-electron chi connectivity index (χ0n) is 14.0. The van der Waals surface area contributed by atoms with Gasteiger partial charge in [0.25, 0.3) is 0 Å². The Balaban J connectivity index is 1.29. The molecule has 4 atom stereocenters. The molecule has 0 aromatic heterocycles. The third-order valence-corrected chi connectivity index (χ3v) is 8.31. The third kappa shape index (κ3) is 2.01. The second-order valence-corrected chi connectivity index (χ2v) is 9.80. The topological polar surface area (TPSA) is 29.1 Å². The summed E-state index contributed by atoms with van der Waals surface area (Å²) < 4.78 is 0. The van der Waals surface area contributed by atoms with E-state index in [-0.39, 0.29) is 5.41 Å². The molecule has 4 unspecified atom stereocenters. The van der Waals surface area contributed by atoms with Crippen molar-refractivity contribution in [3.63, 3.8) is 0 Å². The van der Waals surface area contributed by atoms with Crippen LogP contribution in [-0.2, 0) is 4.79 Å². The van der Waals surface area contributed by atoms with E-state index in [1.165, 1.54) is 64.2 Å². The van der Waals surface area contributed by atoms with E-state index in [0.29, 0.717) is 11.9 Å². The van der Waals surface area contributed by atoms with Gasteiger partial charge in [-0.3, -0.25) is 4.79 Å². The Morgan fingerprint density at radius 2 is 1.55 bits per heavy atom. The second-order valence-electron chi connectivity index (χ2n) is 9.80. The van der Waals surface area contributed by atoms with Crippen molar-refractivity contribution in [2.45, 2.75) is 77.2 Å². The van der Waals surface area contributed by atoms with Gasteiger partial charge < -0.3 is 5.32 Å². The lowest BCUT2D eigenvalue weighted by Crippen LogP contribution is -2.55. The predicted octanol–water partition coefficient (Wildman–Crippen LogP) is 4.14. The van der Waals surface area contributed by atoms with Crippen LogP contribution >= 0.6 is 0 Å². The lowest BCUT2D eigenvalue weighted by atomic mass is 9.49. The van der Waals surface area contributed by atoms with Crippen LogP contribution in [0.1, 0.15) is 71.1 Å². The maximum Gasteiger partial charge on any atom is 0.226 e. The second kappa shape index (κ2) is 4.74. The largest absolute Gasteiger partial charge is 0.353 e. The Labute approximate surface area is 134 Å². The molecule has 0 aromatic carbocycles. The summed E-state index contributed by atoms with van der Waals surface area (Å²) in [5, 5.41) is 3.52. The van der Waals surface area contributed by atoms with Gasteiger partial charge >= 0.3 is 0 Å². The van der Waals surface area contributed by atoms with Gasteiger partial charge in [0.05, 0.1) is 0 Å². The SMILES string of the molecule is CC(NC(=O)C12CC3CC(CC(C3)C1)C2)C1CC2CCC1C2. The first-order valence-electron chi connectivity index (χ1n) is 9.92. The quantitative estimate of drug-likeness (QED) is 0.834. The fourth-order valence-electron chi connectivity index (χ4n) is 7.76. The molecule has 0 heterocycles. The minimum Gasteiger partial charge on any atom is -0.353 e. The Hall–Kier alpha value is -0.530. The summed E-state index contributed by atoms with van der Waals surface area (Å²) in [4.78, 5) is 13.2. The van der Waals surface area contributed by atoms with Crippen LogP contribution in [0.4, 0.5) is 0 Å². The first-order chi connectivity index (χ1) is 10.6. The van der Waals surface area contributed by atoms with E-state index in [4.69, 9.17) is 0 Å². The van der Waals surface area contributed by atoms with Crippen LogP contribution in [0.2, 0.25) is 0 Å². The molecular weight excluding hydrogens is 270 g/mol. The minimum atomic E-state index is 0.0423. The normalized spacial score (nSPS) is 53.0. The smallest absolute Gasteiger partial charge is 0.226 e. The van der Waals surface area contributed by atoms with Crippen molar-refractivity contribution in [1.29, 1.82) is 0 Å². The third-order valence-electron chi connectivity index (χ3n) is 8.31. The monoisotopic (exact) mass is 301 g/mol. The van der Waals surface area contributed by atoms with Crippen molar-refractivity contribution in [3.05, 3.63) is 0 Å². The highest BCUT2D eigenvalue weighted by Gasteiger charge is 2.55. The van der Waals surface area contributed by atoms with Gasteiger partial charge in [-0.25, -0.2) is 0 Å². The zero-order valence-corrected chi connectivity index (χ0v) is 14.0. The Bertz CT molecular complexity index is 449. The number of fused-ring (bicyclic) bond motifs is 2. The fraction of sp³-hybridized carbons (Fsp3) is 0.950. The molecule has 2 heteroatoms. The summed E-state index contributed by atoms with van der Waals surface area (Å²) in [6, 6.07) is 0.413. The highest BCUT2D eigenvalue weighted by molar-refractivity contribution is 5.83. The van der Waals surface area contributed by atoms with Crippen LogP contribution in [0.3, 0.4) is 0 Å². The van der Waals surface area contributed by atoms with Crippen molar-refractivity contribution in [2.24, 2.45) is 40.9 Å². The van der Waals surface area contributed by atoms with Gasteiger partial charge in [0.1, 0.15) is 0 Å². The van der Waals surface area contributed by atoms with E-state index >= 15 is 0 Å². The van der Waals surface area contributed by atoms with E-state index in [1.54, 1.807) is 0 Å². The van der Waals surface area contributed by atoms with E-state index in [1.807, 2.05) is 0 Å². The molecule has 0 aliphatic heterocycles. The standard InChI is InChI=1S/C20H31NO/c1-12(18-8-13-2-3-17(18)7-13)21-19(22)20-9-14-4-15(10-20)6-16(5-14)11-20/h12-18H,2-11H2,1H3,(H,21,22). The lowest BCUT2D eigenvalue weighted by molar-refractivity contribution is -0.147. The molecular formula is C20H31NO. The number of carbonyl (C=O) groups is 1. The molecule has 6 bridgehead atoms. The average molecular weight is 301 g/mol. The molecule has 6 fully saturated rings. The van der Waals surface area contributed by atoms with Crippen molar-refractivity contribution in [2.75, 3.05) is 0 Å². The first kappa shape index (κ1) is 13.9. The van der Waals surface area contributed by atoms with Crippen LogP contribution in [-0.4, -0.2) is 11.9 Å². The molecule has 0 saturated heterocycles. The molecule has 1 N–H and O–H groups in total. The summed E-state index contributed by atoms with van der Waals surface area (Å²) in [6.45, 7) is 2.30. The van der Waals surface area contributed by atoms with Crippen molar-refractivity contribution in [3.8, 4) is 0 Å². The summed E-state index contributed by atoms with van der Waals surface area (Å²) in [6.07, 6.45) is 13.6. The number of rotatable bonds is 3. The number of nitrogens with one attached hydrogen (secondary N) is 1. The number of hydrogen-bond donors (Lipinski definition) is 1. The van der Waals surface area contributed by atoms with E-state index in [0.717, 1.165) is 35.5 Å². The molecule has 0 spiro atoms. The summed E-state index contributed by atoms with van der Waals surface area (Å²) >= 11 is 0. The zero-order chi connectivity index (χ0) is 14.9. The highest BCUT2D eigenvalue weighted by atomic mass is 16.2. The predicted molar refractivity (Wildman–Crippen MR) is 87.1 cm³/mol. The number of carbonyl (C=O) groups excluding carboxylic acids is 1. The van der Waals surface area contributed by atoms with Gasteiger partial charge in [0.15, 0.2) is 0 Å². The number of hydrogen-bond acceptors (Lipinski definition) is 1. The average Bonchev–Trinajstić information content (AvgIpc) is 3.08. The Morgan fingerprint density at radius 3 is 2.05 bits per heavy atom. The number of amides is 1. The molecule has 0 aromatic rings. The highest BCUT2D eigenvalue weighted by Crippen LogP contribution is 2.60. The van der Waals surface area contributed by atoms with Gasteiger partial charge in [0, 0.05) is 11.5 Å². The maximum absolute atomic E-state index is 13.2. The molecule has 2 nitrogen and oxygen atoms in total. The molecule has 6 saturated carbocycles. The van der Waals surface area contributed by atoms with Crippen LogP contribution in [0.5, 0.6) is 0 Å². The maximum atomic E-state index is 13.2. The van der Waals surface area contributed by atoms with E-state index < -0.39 is 0 Å². The summed E-state index contributed by atoms with van der Waals surface area (Å²) in [5.74, 6) is 5.73. The Kier molecular flexibility index (Phi) is 2.99. The van der Waals surface area contributed by atoms with Crippen LogP contribution in [0.25, 0.3) is 0 Å². The van der Waals surface area contributed by atoms with Crippen LogP contribution in [0, 0.1) is 40.9 Å². The summed E-state index contributed by atoms with van der Waals surface area (Å²) in [5.41, 5.74) is 0.0423. The van der Waals surface area contributed by atoms with Crippen molar-refractivity contribution in [1.82, 2.24) is 5.32 Å². The van der Waals surface area contributed by atoms with Gasteiger partial charge in [-0.1, -0.05) is 6.42 Å². The van der Waals surface area contributed by atoms with Crippen LogP contribution in [0.15, 0.2) is 0 Å². The molecule has 6 aliphatic rings. The minimum absolute atomic E-state index is 0.0423. The lowest BCUT2D eigenvalue weighted by Gasteiger charge is -2.56. The van der Waals surface area contributed by atoms with Gasteiger partial charge in [-0.05, 0) is 100 Å². The molecule has 122 valence electrons.